The molecule has 4 heteroatoms. The summed E-state index contributed by atoms with van der Waals surface area (Å²) in [7, 11) is 0. The van der Waals surface area contributed by atoms with Crippen molar-refractivity contribution in [2.24, 2.45) is 0 Å². The summed E-state index contributed by atoms with van der Waals surface area (Å²) in [5.74, 6) is -0.0644. The molecule has 1 aromatic rings. The highest BCUT2D eigenvalue weighted by molar-refractivity contribution is 5.05. The van der Waals surface area contributed by atoms with Gasteiger partial charge in [-0.2, -0.15) is 4.39 Å². The summed E-state index contributed by atoms with van der Waals surface area (Å²) in [6, 6.07) is 0. The fourth-order valence-electron chi connectivity index (χ4n) is 1.02. The average Bonchev–Trinajstić information content (AvgIpc) is 2.12. The molecule has 1 rings (SSSR count). The smallest absolute Gasteiger partial charge is 0.287 e. The molecule has 0 spiro atoms. The normalized spacial score (nSPS) is 12.9. The predicted molar refractivity (Wildman–Crippen MR) is 48.3 cm³/mol. The molecular formula is C9H13FN2O. The van der Waals surface area contributed by atoms with Crippen LogP contribution >= 0.6 is 0 Å². The maximum atomic E-state index is 12.9. The second kappa shape index (κ2) is 3.68. The van der Waals surface area contributed by atoms with E-state index in [1.165, 1.54) is 6.92 Å². The largest absolute Gasteiger partial charge is 0.308 e. The van der Waals surface area contributed by atoms with E-state index in [2.05, 4.69) is 9.97 Å². The lowest BCUT2D eigenvalue weighted by atomic mass is 10.1. The van der Waals surface area contributed by atoms with E-state index in [9.17, 15) is 9.18 Å². The van der Waals surface area contributed by atoms with Gasteiger partial charge in [-0.1, -0.05) is 13.8 Å². The molecule has 72 valence electrons. The van der Waals surface area contributed by atoms with Crippen LogP contribution in [0.4, 0.5) is 4.39 Å². The molecule has 1 N–H and O–H groups in total. The highest BCUT2D eigenvalue weighted by Crippen LogP contribution is 2.12. The Morgan fingerprint density at radius 3 is 2.69 bits per heavy atom. The molecule has 0 aliphatic carbocycles. The van der Waals surface area contributed by atoms with Gasteiger partial charge in [-0.25, -0.2) is 4.98 Å². The zero-order chi connectivity index (χ0) is 10.0. The van der Waals surface area contributed by atoms with Gasteiger partial charge in [0.1, 0.15) is 5.82 Å². The molecule has 0 aromatic carbocycles. The van der Waals surface area contributed by atoms with Crippen molar-refractivity contribution in [2.75, 3.05) is 0 Å². The van der Waals surface area contributed by atoms with Crippen molar-refractivity contribution in [3.63, 3.8) is 0 Å². The number of nitrogens with one attached hydrogen (secondary N) is 1. The molecule has 1 atom stereocenters. The quantitative estimate of drug-likeness (QED) is 0.760. The molecule has 13 heavy (non-hydrogen) atoms. The van der Waals surface area contributed by atoms with E-state index in [-0.39, 0.29) is 11.6 Å². The lowest BCUT2D eigenvalue weighted by Crippen LogP contribution is -2.18. The summed E-state index contributed by atoms with van der Waals surface area (Å²) in [6.45, 7) is 5.43. The van der Waals surface area contributed by atoms with Crippen LogP contribution in [-0.4, -0.2) is 9.97 Å². The van der Waals surface area contributed by atoms with E-state index in [0.29, 0.717) is 5.82 Å². The second-order valence-electron chi connectivity index (χ2n) is 3.16. The van der Waals surface area contributed by atoms with Gasteiger partial charge >= 0.3 is 0 Å². The molecule has 0 fully saturated rings. The Morgan fingerprint density at radius 2 is 2.23 bits per heavy atom. The summed E-state index contributed by atoms with van der Waals surface area (Å²) >= 11 is 0. The molecule has 1 aromatic heterocycles. The van der Waals surface area contributed by atoms with Crippen LogP contribution in [0.1, 0.15) is 37.7 Å². The molecule has 0 saturated carbocycles. The highest BCUT2D eigenvalue weighted by atomic mass is 19.1. The van der Waals surface area contributed by atoms with Crippen molar-refractivity contribution in [3.05, 3.63) is 27.7 Å². The first kappa shape index (κ1) is 9.89. The minimum Gasteiger partial charge on any atom is -0.308 e. The van der Waals surface area contributed by atoms with Gasteiger partial charge in [0.2, 0.25) is 5.82 Å². The van der Waals surface area contributed by atoms with Crippen molar-refractivity contribution in [3.8, 4) is 0 Å². The van der Waals surface area contributed by atoms with Crippen molar-refractivity contribution in [1.82, 2.24) is 9.97 Å². The van der Waals surface area contributed by atoms with Crippen LogP contribution in [0.3, 0.4) is 0 Å². The van der Waals surface area contributed by atoms with E-state index in [1.807, 2.05) is 13.8 Å². The van der Waals surface area contributed by atoms with E-state index >= 15 is 0 Å². The molecule has 0 amide bonds. The zero-order valence-electron chi connectivity index (χ0n) is 8.02. The van der Waals surface area contributed by atoms with Crippen molar-refractivity contribution >= 4 is 0 Å². The molecule has 0 radical (unpaired) electrons. The van der Waals surface area contributed by atoms with Gasteiger partial charge in [0.05, 0.1) is 5.69 Å². The topological polar surface area (TPSA) is 45.8 Å². The SMILES string of the molecule is CCC(C)c1nc(C)c(F)c(=O)[nH]1. The Kier molecular flexibility index (Phi) is 2.80. The predicted octanol–water partition coefficient (Wildman–Crippen LogP) is 1.73. The van der Waals surface area contributed by atoms with E-state index < -0.39 is 11.4 Å². The number of rotatable bonds is 2. The minimum absolute atomic E-state index is 0.159. The summed E-state index contributed by atoms with van der Waals surface area (Å²) in [5, 5.41) is 0. The molecule has 0 aliphatic rings. The Labute approximate surface area is 76.0 Å². The lowest BCUT2D eigenvalue weighted by molar-refractivity contribution is 0.569. The first-order chi connectivity index (χ1) is 6.06. The summed E-state index contributed by atoms with van der Waals surface area (Å²) in [4.78, 5) is 17.4. The number of aromatic amines is 1. The highest BCUT2D eigenvalue weighted by Gasteiger charge is 2.10. The van der Waals surface area contributed by atoms with E-state index in [4.69, 9.17) is 0 Å². The standard InChI is InChI=1S/C9H13FN2O/c1-4-5(2)8-11-6(3)7(10)9(13)12-8/h5H,4H2,1-3H3,(H,11,12,13). The molecule has 0 aliphatic heterocycles. The van der Waals surface area contributed by atoms with Crippen LogP contribution in [0.25, 0.3) is 0 Å². The van der Waals surface area contributed by atoms with Gasteiger partial charge in [0.25, 0.3) is 5.56 Å². The van der Waals surface area contributed by atoms with Crippen LogP contribution in [-0.2, 0) is 0 Å². The first-order valence-corrected chi connectivity index (χ1v) is 4.32. The van der Waals surface area contributed by atoms with Crippen molar-refractivity contribution in [1.29, 1.82) is 0 Å². The van der Waals surface area contributed by atoms with Gasteiger partial charge in [-0.05, 0) is 13.3 Å². The van der Waals surface area contributed by atoms with E-state index in [0.717, 1.165) is 6.42 Å². The van der Waals surface area contributed by atoms with Crippen molar-refractivity contribution in [2.45, 2.75) is 33.1 Å². The number of H-pyrrole nitrogens is 1. The number of hydrogen-bond donors (Lipinski definition) is 1. The van der Waals surface area contributed by atoms with Gasteiger partial charge in [-0.15, -0.1) is 0 Å². The Hall–Kier alpha value is -1.19. The lowest BCUT2D eigenvalue weighted by Gasteiger charge is -2.07. The third-order valence-corrected chi connectivity index (χ3v) is 2.13. The number of aromatic nitrogens is 2. The number of hydrogen-bond acceptors (Lipinski definition) is 2. The summed E-state index contributed by atoms with van der Waals surface area (Å²) < 4.78 is 12.9. The van der Waals surface area contributed by atoms with Crippen LogP contribution in [0.5, 0.6) is 0 Å². The number of nitrogens with zero attached hydrogens (tertiary/aromatic N) is 1. The first-order valence-electron chi connectivity index (χ1n) is 4.32. The van der Waals surface area contributed by atoms with Crippen LogP contribution in [0, 0.1) is 12.7 Å². The molecule has 0 saturated heterocycles. The minimum atomic E-state index is -0.785. The third-order valence-electron chi connectivity index (χ3n) is 2.13. The summed E-state index contributed by atoms with van der Waals surface area (Å²) in [6.07, 6.45) is 0.869. The molecule has 1 unspecified atom stereocenters. The average molecular weight is 184 g/mol. The zero-order valence-corrected chi connectivity index (χ0v) is 8.02. The van der Waals surface area contributed by atoms with Gasteiger partial charge in [0, 0.05) is 5.92 Å². The monoisotopic (exact) mass is 184 g/mol. The van der Waals surface area contributed by atoms with Crippen LogP contribution in [0.15, 0.2) is 4.79 Å². The molecular weight excluding hydrogens is 171 g/mol. The van der Waals surface area contributed by atoms with Gasteiger partial charge in [0.15, 0.2) is 0 Å². The second-order valence-corrected chi connectivity index (χ2v) is 3.16. The fraction of sp³-hybridized carbons (Fsp3) is 0.556. The van der Waals surface area contributed by atoms with E-state index in [1.54, 1.807) is 0 Å². The fourth-order valence-corrected chi connectivity index (χ4v) is 1.02. The maximum absolute atomic E-state index is 12.9. The van der Waals surface area contributed by atoms with Gasteiger partial charge < -0.3 is 4.98 Å². The van der Waals surface area contributed by atoms with Crippen LogP contribution < -0.4 is 5.56 Å². The Balaban J connectivity index is 3.21. The van der Waals surface area contributed by atoms with Crippen molar-refractivity contribution < 1.29 is 4.39 Å². The Morgan fingerprint density at radius 1 is 1.62 bits per heavy atom. The van der Waals surface area contributed by atoms with Crippen LogP contribution in [0.2, 0.25) is 0 Å². The summed E-state index contributed by atoms with van der Waals surface area (Å²) in [5.41, 5.74) is -0.512. The van der Waals surface area contributed by atoms with Gasteiger partial charge in [-0.3, -0.25) is 4.79 Å². The third kappa shape index (κ3) is 1.94. The number of aryl methyl sites for hydroxylation is 1. The number of halogens is 1. The Bertz CT molecular complexity index is 359. The molecule has 3 nitrogen and oxygen atoms in total. The maximum Gasteiger partial charge on any atom is 0.287 e. The molecule has 0 bridgehead atoms. The molecule has 1 heterocycles.